The maximum Gasteiger partial charge on any atom is 0.160 e. The molecule has 0 saturated heterocycles. The van der Waals surface area contributed by atoms with E-state index in [2.05, 4.69) is 39.6 Å². The molecule has 142 valence electrons. The van der Waals surface area contributed by atoms with Crippen molar-refractivity contribution in [1.29, 1.82) is 0 Å². The maximum absolute atomic E-state index is 6.48. The molecule has 0 amide bonds. The van der Waals surface area contributed by atoms with Crippen molar-refractivity contribution < 1.29 is 4.74 Å². The third-order valence-corrected chi connectivity index (χ3v) is 6.08. The number of benzene rings is 2. The second-order valence-corrected chi connectivity index (χ2v) is 7.87. The number of hydrogen-bond acceptors (Lipinski definition) is 5. The number of para-hydroxylation sites is 1. The molecule has 0 aliphatic carbocycles. The van der Waals surface area contributed by atoms with Gasteiger partial charge in [-0.15, -0.1) is 11.3 Å². The third-order valence-electron chi connectivity index (χ3n) is 5.12. The molecule has 0 spiro atoms. The summed E-state index contributed by atoms with van der Waals surface area (Å²) in [4.78, 5) is 13.8. The average Bonchev–Trinajstić information content (AvgIpc) is 3.23. The van der Waals surface area contributed by atoms with E-state index < -0.39 is 0 Å². The predicted octanol–water partition coefficient (Wildman–Crippen LogP) is 6.85. The van der Waals surface area contributed by atoms with Crippen molar-refractivity contribution in [3.63, 3.8) is 0 Å². The van der Waals surface area contributed by atoms with E-state index in [4.69, 9.17) is 9.72 Å². The standard InChI is InChI=1S/C25H15N3OS/c1-3-9-20-18(8-1)21(11-13-26-20)29-22-14-16-6-5-12-27-25(16)28-24(22)19-15-30-23-10-4-2-7-17(19)23/h1-15H. The van der Waals surface area contributed by atoms with Crippen LogP contribution in [0.5, 0.6) is 11.5 Å². The van der Waals surface area contributed by atoms with Gasteiger partial charge in [0.1, 0.15) is 11.4 Å². The molecular weight excluding hydrogens is 390 g/mol. The lowest BCUT2D eigenvalue weighted by Crippen LogP contribution is -1.95. The van der Waals surface area contributed by atoms with Crippen LogP contribution in [0.3, 0.4) is 0 Å². The Balaban J connectivity index is 1.60. The van der Waals surface area contributed by atoms with E-state index in [1.165, 1.54) is 4.70 Å². The molecule has 0 aliphatic rings. The molecule has 5 heteroatoms. The molecule has 0 bridgehead atoms. The molecule has 0 N–H and O–H groups in total. The van der Waals surface area contributed by atoms with E-state index in [0.29, 0.717) is 11.4 Å². The first-order chi connectivity index (χ1) is 14.9. The zero-order valence-electron chi connectivity index (χ0n) is 15.8. The molecule has 0 unspecified atom stereocenters. The van der Waals surface area contributed by atoms with Crippen molar-refractivity contribution in [2.24, 2.45) is 0 Å². The molecule has 0 aliphatic heterocycles. The molecular formula is C25H15N3OS. The minimum atomic E-state index is 0.703. The van der Waals surface area contributed by atoms with Gasteiger partial charge in [-0.1, -0.05) is 30.3 Å². The van der Waals surface area contributed by atoms with Crippen LogP contribution in [-0.2, 0) is 0 Å². The second-order valence-electron chi connectivity index (χ2n) is 6.96. The van der Waals surface area contributed by atoms with E-state index in [-0.39, 0.29) is 0 Å². The van der Waals surface area contributed by atoms with Crippen LogP contribution in [0, 0.1) is 0 Å². The Morgan fingerprint density at radius 1 is 0.733 bits per heavy atom. The first kappa shape index (κ1) is 17.1. The van der Waals surface area contributed by atoms with Gasteiger partial charge < -0.3 is 4.74 Å². The van der Waals surface area contributed by atoms with Gasteiger partial charge in [0, 0.05) is 44.2 Å². The van der Waals surface area contributed by atoms with E-state index in [1.54, 1.807) is 23.7 Å². The van der Waals surface area contributed by atoms with Crippen molar-refractivity contribution >= 4 is 43.4 Å². The van der Waals surface area contributed by atoms with Crippen LogP contribution in [0.25, 0.3) is 43.3 Å². The van der Waals surface area contributed by atoms with Gasteiger partial charge in [-0.05, 0) is 42.5 Å². The van der Waals surface area contributed by atoms with Crippen LogP contribution in [0.1, 0.15) is 0 Å². The molecule has 2 aromatic carbocycles. The van der Waals surface area contributed by atoms with E-state index in [1.807, 2.05) is 48.5 Å². The lowest BCUT2D eigenvalue weighted by Gasteiger charge is -2.13. The highest BCUT2D eigenvalue weighted by atomic mass is 32.1. The topological polar surface area (TPSA) is 47.9 Å². The minimum Gasteiger partial charge on any atom is -0.454 e. The Kier molecular flexibility index (Phi) is 3.92. The highest BCUT2D eigenvalue weighted by Crippen LogP contribution is 2.41. The SMILES string of the molecule is c1cnc2nc(-c3csc4ccccc34)c(Oc3ccnc4ccccc34)cc2c1. The maximum atomic E-state index is 6.48. The molecule has 4 heterocycles. The number of fused-ring (bicyclic) bond motifs is 3. The third kappa shape index (κ3) is 2.79. The quantitative estimate of drug-likeness (QED) is 0.323. The Hall–Kier alpha value is -3.83. The number of thiophene rings is 1. The van der Waals surface area contributed by atoms with Gasteiger partial charge >= 0.3 is 0 Å². The average molecular weight is 405 g/mol. The summed E-state index contributed by atoms with van der Waals surface area (Å²) in [6.45, 7) is 0. The summed E-state index contributed by atoms with van der Waals surface area (Å²) in [5.74, 6) is 1.46. The summed E-state index contributed by atoms with van der Waals surface area (Å²) in [7, 11) is 0. The van der Waals surface area contributed by atoms with E-state index >= 15 is 0 Å². The Morgan fingerprint density at radius 3 is 2.57 bits per heavy atom. The van der Waals surface area contributed by atoms with Crippen molar-refractivity contribution in [3.05, 3.63) is 90.6 Å². The van der Waals surface area contributed by atoms with E-state index in [0.717, 1.165) is 38.7 Å². The fraction of sp³-hybridized carbons (Fsp3) is 0. The van der Waals surface area contributed by atoms with Gasteiger partial charge in [-0.25, -0.2) is 9.97 Å². The first-order valence-electron chi connectivity index (χ1n) is 9.61. The zero-order valence-corrected chi connectivity index (χ0v) is 16.6. The highest BCUT2D eigenvalue weighted by Gasteiger charge is 2.17. The Morgan fingerprint density at radius 2 is 1.60 bits per heavy atom. The molecule has 30 heavy (non-hydrogen) atoms. The lowest BCUT2D eigenvalue weighted by molar-refractivity contribution is 0.488. The summed E-state index contributed by atoms with van der Waals surface area (Å²) in [5.41, 5.74) is 3.44. The van der Waals surface area contributed by atoms with Crippen LogP contribution < -0.4 is 4.74 Å². The summed E-state index contributed by atoms with van der Waals surface area (Å²) < 4.78 is 7.70. The molecule has 0 saturated carbocycles. The monoisotopic (exact) mass is 405 g/mol. The first-order valence-corrected chi connectivity index (χ1v) is 10.5. The molecule has 6 rings (SSSR count). The number of aromatic nitrogens is 3. The minimum absolute atomic E-state index is 0.703. The van der Waals surface area contributed by atoms with Gasteiger partial charge in [-0.3, -0.25) is 4.98 Å². The van der Waals surface area contributed by atoms with Gasteiger partial charge in [-0.2, -0.15) is 0 Å². The van der Waals surface area contributed by atoms with Crippen LogP contribution >= 0.6 is 11.3 Å². The summed E-state index contributed by atoms with van der Waals surface area (Å²) >= 11 is 1.71. The lowest BCUT2D eigenvalue weighted by atomic mass is 10.1. The number of nitrogens with zero attached hydrogens (tertiary/aromatic N) is 3. The van der Waals surface area contributed by atoms with Crippen molar-refractivity contribution in [2.75, 3.05) is 0 Å². The van der Waals surface area contributed by atoms with E-state index in [9.17, 15) is 0 Å². The number of hydrogen-bond donors (Lipinski definition) is 0. The largest absolute Gasteiger partial charge is 0.454 e. The van der Waals surface area contributed by atoms with Crippen LogP contribution in [0.2, 0.25) is 0 Å². The van der Waals surface area contributed by atoms with Gasteiger partial charge in [0.15, 0.2) is 11.4 Å². The van der Waals surface area contributed by atoms with Crippen molar-refractivity contribution in [3.8, 4) is 22.8 Å². The molecule has 0 atom stereocenters. The van der Waals surface area contributed by atoms with Gasteiger partial charge in [0.2, 0.25) is 0 Å². The molecule has 4 nitrogen and oxygen atoms in total. The molecule has 0 fully saturated rings. The number of pyridine rings is 3. The normalized spacial score (nSPS) is 11.3. The highest BCUT2D eigenvalue weighted by molar-refractivity contribution is 7.17. The number of ether oxygens (including phenoxy) is 1. The molecule has 4 aromatic heterocycles. The van der Waals surface area contributed by atoms with Gasteiger partial charge in [0.05, 0.1) is 5.52 Å². The zero-order chi connectivity index (χ0) is 19.9. The van der Waals surface area contributed by atoms with Crippen LogP contribution in [0.4, 0.5) is 0 Å². The smallest absolute Gasteiger partial charge is 0.160 e. The second kappa shape index (κ2) is 6.90. The predicted molar refractivity (Wildman–Crippen MR) is 122 cm³/mol. The van der Waals surface area contributed by atoms with Gasteiger partial charge in [0.25, 0.3) is 0 Å². The molecule has 0 radical (unpaired) electrons. The fourth-order valence-electron chi connectivity index (χ4n) is 3.70. The number of rotatable bonds is 3. The Bertz CT molecular complexity index is 1530. The fourth-order valence-corrected chi connectivity index (χ4v) is 4.64. The summed E-state index contributed by atoms with van der Waals surface area (Å²) in [6.07, 6.45) is 3.54. The van der Waals surface area contributed by atoms with Crippen LogP contribution in [0.15, 0.2) is 90.6 Å². The molecule has 6 aromatic rings. The Labute approximate surface area is 176 Å². The summed E-state index contributed by atoms with van der Waals surface area (Å²) in [6, 6.07) is 24.2. The van der Waals surface area contributed by atoms with Crippen molar-refractivity contribution in [2.45, 2.75) is 0 Å². The van der Waals surface area contributed by atoms with Crippen LogP contribution in [-0.4, -0.2) is 15.0 Å². The summed E-state index contributed by atoms with van der Waals surface area (Å²) in [5, 5.41) is 5.20. The van der Waals surface area contributed by atoms with Crippen molar-refractivity contribution in [1.82, 2.24) is 15.0 Å².